The zero-order chi connectivity index (χ0) is 15.6. The second-order valence-electron chi connectivity index (χ2n) is 5.48. The van der Waals surface area contributed by atoms with Crippen LogP contribution < -0.4 is 5.11 Å². The highest BCUT2D eigenvalue weighted by atomic mass is 16.4. The zero-order valence-corrected chi connectivity index (χ0v) is 12.1. The second-order valence-corrected chi connectivity index (χ2v) is 5.48. The van der Waals surface area contributed by atoms with Crippen molar-refractivity contribution in [3.63, 3.8) is 0 Å². The molecule has 0 bridgehead atoms. The van der Waals surface area contributed by atoms with Crippen LogP contribution >= 0.6 is 0 Å². The van der Waals surface area contributed by atoms with Crippen molar-refractivity contribution >= 4 is 11.9 Å². The molecule has 1 saturated heterocycles. The first-order valence-electron chi connectivity index (χ1n) is 7.26. The molecule has 22 heavy (non-hydrogen) atoms. The van der Waals surface area contributed by atoms with E-state index in [1.165, 1.54) is 4.90 Å². The van der Waals surface area contributed by atoms with Crippen LogP contribution in [-0.4, -0.2) is 16.8 Å². The summed E-state index contributed by atoms with van der Waals surface area (Å²) in [4.78, 5) is 25.7. The van der Waals surface area contributed by atoms with Gasteiger partial charge in [0.05, 0.1) is 5.97 Å². The van der Waals surface area contributed by atoms with Gasteiger partial charge in [-0.3, -0.25) is 4.79 Å². The number of carbonyl (C=O) groups is 2. The number of hydrogen-bond acceptors (Lipinski definition) is 3. The van der Waals surface area contributed by atoms with E-state index in [0.29, 0.717) is 5.56 Å². The molecule has 0 saturated carbocycles. The molecular weight excluding hydrogens is 278 g/mol. The van der Waals surface area contributed by atoms with Crippen molar-refractivity contribution in [3.8, 4) is 0 Å². The van der Waals surface area contributed by atoms with Gasteiger partial charge in [-0.1, -0.05) is 60.7 Å². The van der Waals surface area contributed by atoms with Crippen LogP contribution in [-0.2, 0) is 21.7 Å². The molecule has 4 nitrogen and oxygen atoms in total. The Morgan fingerprint density at radius 1 is 1.05 bits per heavy atom. The molecule has 0 aromatic heterocycles. The highest BCUT2D eigenvalue weighted by Crippen LogP contribution is 2.40. The minimum Gasteiger partial charge on any atom is -0.547 e. The zero-order valence-electron chi connectivity index (χ0n) is 12.1. The highest BCUT2D eigenvalue weighted by molar-refractivity contribution is 5.91. The first-order valence-corrected chi connectivity index (χ1v) is 7.26. The standard InChI is InChI=1S/C18H17NO3/c20-16-11-12-18(17(21)22,15-9-5-2-6-10-15)19(16)13-14-7-3-1-4-8-14/h1-10H,11-13H2,(H,21,22)/p-1/t18-/m1/s1. The van der Waals surface area contributed by atoms with E-state index < -0.39 is 11.5 Å². The van der Waals surface area contributed by atoms with Crippen LogP contribution in [0, 0.1) is 0 Å². The molecule has 112 valence electrons. The second kappa shape index (κ2) is 5.64. The number of carboxylic acids is 1. The number of hydrogen-bond donors (Lipinski definition) is 0. The van der Waals surface area contributed by atoms with E-state index in [2.05, 4.69) is 0 Å². The van der Waals surface area contributed by atoms with E-state index in [1.807, 2.05) is 36.4 Å². The van der Waals surface area contributed by atoms with Gasteiger partial charge in [-0.25, -0.2) is 0 Å². The number of carboxylic acid groups (broad SMARTS) is 1. The number of nitrogens with zero attached hydrogens (tertiary/aromatic N) is 1. The molecular formula is C18H16NO3-. The Morgan fingerprint density at radius 2 is 1.64 bits per heavy atom. The lowest BCUT2D eigenvalue weighted by Crippen LogP contribution is -2.55. The van der Waals surface area contributed by atoms with Crippen LogP contribution in [0.2, 0.25) is 0 Å². The van der Waals surface area contributed by atoms with Crippen LogP contribution in [0.4, 0.5) is 0 Å². The van der Waals surface area contributed by atoms with Gasteiger partial charge in [0.2, 0.25) is 5.91 Å². The maximum absolute atomic E-state index is 12.3. The van der Waals surface area contributed by atoms with Crippen molar-refractivity contribution in [1.29, 1.82) is 0 Å². The van der Waals surface area contributed by atoms with Crippen LogP contribution in [0.5, 0.6) is 0 Å². The van der Waals surface area contributed by atoms with E-state index >= 15 is 0 Å². The normalized spacial score (nSPS) is 21.1. The summed E-state index contributed by atoms with van der Waals surface area (Å²) in [5, 5.41) is 12.0. The first kappa shape index (κ1) is 14.3. The summed E-state index contributed by atoms with van der Waals surface area (Å²) >= 11 is 0. The SMILES string of the molecule is O=C1CC[C@](C(=O)[O-])(c2ccccc2)N1Cc1ccccc1. The summed E-state index contributed by atoms with van der Waals surface area (Å²) in [7, 11) is 0. The summed E-state index contributed by atoms with van der Waals surface area (Å²) in [6.45, 7) is 0.266. The average Bonchev–Trinajstić information content (AvgIpc) is 2.87. The van der Waals surface area contributed by atoms with Gasteiger partial charge in [0.1, 0.15) is 5.54 Å². The number of amides is 1. The largest absolute Gasteiger partial charge is 0.547 e. The molecule has 4 heteroatoms. The first-order chi connectivity index (χ1) is 10.6. The lowest BCUT2D eigenvalue weighted by Gasteiger charge is -2.40. The third kappa shape index (κ3) is 2.26. The van der Waals surface area contributed by atoms with Crippen LogP contribution in [0.3, 0.4) is 0 Å². The van der Waals surface area contributed by atoms with Crippen molar-refractivity contribution in [1.82, 2.24) is 4.90 Å². The van der Waals surface area contributed by atoms with E-state index in [9.17, 15) is 14.7 Å². The van der Waals surface area contributed by atoms with Crippen molar-refractivity contribution in [3.05, 3.63) is 71.8 Å². The Morgan fingerprint density at radius 3 is 2.23 bits per heavy atom. The summed E-state index contributed by atoms with van der Waals surface area (Å²) in [5.74, 6) is -1.38. The summed E-state index contributed by atoms with van der Waals surface area (Å²) in [5.41, 5.74) is 0.116. The van der Waals surface area contributed by atoms with E-state index in [0.717, 1.165) is 5.56 Å². The highest BCUT2D eigenvalue weighted by Gasteiger charge is 2.47. The Balaban J connectivity index is 2.04. The Labute approximate surface area is 129 Å². The molecule has 1 fully saturated rings. The summed E-state index contributed by atoms with van der Waals surface area (Å²) in [6, 6.07) is 18.3. The molecule has 0 spiro atoms. The quantitative estimate of drug-likeness (QED) is 0.857. The number of benzene rings is 2. The molecule has 1 aliphatic rings. The molecule has 3 rings (SSSR count). The van der Waals surface area contributed by atoms with Gasteiger partial charge in [-0.05, 0) is 17.5 Å². The van der Waals surface area contributed by atoms with Crippen LogP contribution in [0.15, 0.2) is 60.7 Å². The summed E-state index contributed by atoms with van der Waals surface area (Å²) in [6.07, 6.45) is 0.459. The molecule has 0 aliphatic carbocycles. The lowest BCUT2D eigenvalue weighted by molar-refractivity contribution is -0.319. The topological polar surface area (TPSA) is 60.4 Å². The van der Waals surface area contributed by atoms with Gasteiger partial charge in [-0.15, -0.1) is 0 Å². The molecule has 2 aromatic carbocycles. The summed E-state index contributed by atoms with van der Waals surface area (Å²) < 4.78 is 0. The third-order valence-corrected chi connectivity index (χ3v) is 4.24. The number of carbonyl (C=O) groups excluding carboxylic acids is 2. The minimum atomic E-state index is -1.38. The van der Waals surface area contributed by atoms with Crippen LogP contribution in [0.25, 0.3) is 0 Å². The maximum Gasteiger partial charge on any atom is 0.224 e. The Kier molecular flexibility index (Phi) is 3.67. The van der Waals surface area contributed by atoms with E-state index in [1.54, 1.807) is 24.3 Å². The number of rotatable bonds is 4. The van der Waals surface area contributed by atoms with Gasteiger partial charge < -0.3 is 14.8 Å². The Hall–Kier alpha value is -2.62. The third-order valence-electron chi connectivity index (χ3n) is 4.24. The van der Waals surface area contributed by atoms with Crippen molar-refractivity contribution in [2.24, 2.45) is 0 Å². The lowest BCUT2D eigenvalue weighted by atomic mass is 9.87. The smallest absolute Gasteiger partial charge is 0.224 e. The molecule has 1 atom stereocenters. The molecule has 1 heterocycles. The Bertz CT molecular complexity index is 684. The fourth-order valence-corrected chi connectivity index (χ4v) is 3.10. The van der Waals surface area contributed by atoms with Gasteiger partial charge in [0, 0.05) is 13.0 Å². The molecule has 0 radical (unpaired) electrons. The van der Waals surface area contributed by atoms with E-state index in [-0.39, 0.29) is 25.3 Å². The molecule has 0 unspecified atom stereocenters. The van der Waals surface area contributed by atoms with E-state index in [4.69, 9.17) is 0 Å². The van der Waals surface area contributed by atoms with Crippen molar-refractivity contribution in [2.45, 2.75) is 24.9 Å². The predicted molar refractivity (Wildman–Crippen MR) is 79.4 cm³/mol. The predicted octanol–water partition coefficient (Wildman–Crippen LogP) is 1.45. The fourth-order valence-electron chi connectivity index (χ4n) is 3.10. The molecule has 1 aliphatic heterocycles. The van der Waals surface area contributed by atoms with Gasteiger partial charge in [0.25, 0.3) is 0 Å². The monoisotopic (exact) mass is 294 g/mol. The molecule has 1 amide bonds. The van der Waals surface area contributed by atoms with Crippen molar-refractivity contribution in [2.75, 3.05) is 0 Å². The molecule has 0 N–H and O–H groups in total. The van der Waals surface area contributed by atoms with Gasteiger partial charge in [-0.2, -0.15) is 0 Å². The maximum atomic E-state index is 12.3. The number of aliphatic carboxylic acids is 1. The van der Waals surface area contributed by atoms with Crippen molar-refractivity contribution < 1.29 is 14.7 Å². The molecule has 2 aromatic rings. The minimum absolute atomic E-state index is 0.156. The fraction of sp³-hybridized carbons (Fsp3) is 0.222. The van der Waals surface area contributed by atoms with Crippen LogP contribution in [0.1, 0.15) is 24.0 Å². The average molecular weight is 294 g/mol. The van der Waals surface area contributed by atoms with Gasteiger partial charge >= 0.3 is 0 Å². The number of likely N-dealkylation sites (tertiary alicyclic amines) is 1. The van der Waals surface area contributed by atoms with Gasteiger partial charge in [0.15, 0.2) is 0 Å².